The van der Waals surface area contributed by atoms with Crippen molar-refractivity contribution in [2.24, 2.45) is 5.84 Å². The van der Waals surface area contributed by atoms with Gasteiger partial charge >= 0.3 is 0 Å². The third kappa shape index (κ3) is 1.58. The number of aromatic amines is 1. The minimum absolute atomic E-state index is 0.292. The predicted octanol–water partition coefficient (Wildman–Crippen LogP) is -0.158. The van der Waals surface area contributed by atoms with Crippen LogP contribution in [0.1, 0.15) is 0 Å². The van der Waals surface area contributed by atoms with Crippen LogP contribution in [0, 0.1) is 0 Å². The lowest BCUT2D eigenvalue weighted by Gasteiger charge is -2.11. The van der Waals surface area contributed by atoms with Gasteiger partial charge < -0.3 is 5.01 Å². The van der Waals surface area contributed by atoms with Gasteiger partial charge in [0.05, 0.1) is 11.9 Å². The molecule has 0 saturated heterocycles. The van der Waals surface area contributed by atoms with Gasteiger partial charge in [0.2, 0.25) is 0 Å². The fourth-order valence-corrected chi connectivity index (χ4v) is 1.09. The molecule has 3 N–H and O–H groups in total. The summed E-state index contributed by atoms with van der Waals surface area (Å²) in [5.41, 5.74) is 0.258. The topological polar surface area (TPSA) is 75.0 Å². The molecule has 1 aromatic rings. The third-order valence-electron chi connectivity index (χ3n) is 1.16. The number of hydrazine groups is 1. The van der Waals surface area contributed by atoms with Crippen molar-refractivity contribution in [2.45, 2.75) is 0 Å². The molecule has 0 spiro atoms. The molecule has 0 aliphatic heterocycles. The number of nitrogens with zero attached hydrogens (tertiary/aromatic N) is 2. The fraction of sp³-hybridized carbons (Fsp3) is 0.200. The predicted molar refractivity (Wildman–Crippen MR) is 45.1 cm³/mol. The van der Waals surface area contributed by atoms with Crippen LogP contribution in [0.5, 0.6) is 0 Å². The summed E-state index contributed by atoms with van der Waals surface area (Å²) in [6, 6.07) is 0. The Bertz CT molecular complexity index is 308. The van der Waals surface area contributed by atoms with E-state index >= 15 is 0 Å². The SMILES string of the molecule is CN(N)c1cn[nH]c(=O)c1Br. The van der Waals surface area contributed by atoms with Crippen LogP contribution >= 0.6 is 15.9 Å². The molecule has 0 bridgehead atoms. The Morgan fingerprint density at radius 1 is 1.82 bits per heavy atom. The van der Waals surface area contributed by atoms with Crippen molar-refractivity contribution in [1.29, 1.82) is 0 Å². The molecule has 0 aliphatic rings. The molecule has 1 heterocycles. The van der Waals surface area contributed by atoms with E-state index in [1.54, 1.807) is 7.05 Å². The highest BCUT2D eigenvalue weighted by atomic mass is 79.9. The van der Waals surface area contributed by atoms with Gasteiger partial charge in [-0.3, -0.25) is 4.79 Å². The average Bonchev–Trinajstić information content (AvgIpc) is 1.94. The van der Waals surface area contributed by atoms with Crippen molar-refractivity contribution in [2.75, 3.05) is 12.1 Å². The maximum Gasteiger partial charge on any atom is 0.280 e. The Labute approximate surface area is 71.3 Å². The molecule has 60 valence electrons. The van der Waals surface area contributed by atoms with Gasteiger partial charge in [-0.15, -0.1) is 0 Å². The maximum atomic E-state index is 10.9. The molecule has 1 rings (SSSR count). The number of hydrogen-bond donors (Lipinski definition) is 2. The minimum Gasteiger partial charge on any atom is -0.311 e. The van der Waals surface area contributed by atoms with Crippen LogP contribution in [0.25, 0.3) is 0 Å². The van der Waals surface area contributed by atoms with Crippen molar-refractivity contribution in [3.63, 3.8) is 0 Å². The van der Waals surface area contributed by atoms with E-state index in [4.69, 9.17) is 5.84 Å². The van der Waals surface area contributed by atoms with E-state index in [0.717, 1.165) is 0 Å². The van der Waals surface area contributed by atoms with E-state index < -0.39 is 0 Å². The highest BCUT2D eigenvalue weighted by molar-refractivity contribution is 9.10. The molecular weight excluding hydrogens is 212 g/mol. The van der Waals surface area contributed by atoms with E-state index in [1.165, 1.54) is 11.2 Å². The summed E-state index contributed by atoms with van der Waals surface area (Å²) in [6.45, 7) is 0. The molecule has 11 heavy (non-hydrogen) atoms. The van der Waals surface area contributed by atoms with Crippen molar-refractivity contribution < 1.29 is 0 Å². The van der Waals surface area contributed by atoms with Crippen LogP contribution in [-0.2, 0) is 0 Å². The van der Waals surface area contributed by atoms with Gasteiger partial charge in [-0.05, 0) is 15.9 Å². The van der Waals surface area contributed by atoms with Crippen molar-refractivity contribution >= 4 is 21.6 Å². The molecule has 1 aromatic heterocycles. The van der Waals surface area contributed by atoms with Gasteiger partial charge in [-0.25, -0.2) is 10.9 Å². The summed E-state index contributed by atoms with van der Waals surface area (Å²) < 4.78 is 0.387. The lowest BCUT2D eigenvalue weighted by Crippen LogP contribution is -2.27. The molecule has 0 saturated carbocycles. The van der Waals surface area contributed by atoms with Crippen molar-refractivity contribution in [3.05, 3.63) is 21.0 Å². The van der Waals surface area contributed by atoms with Gasteiger partial charge in [0.1, 0.15) is 4.47 Å². The molecule has 5 nitrogen and oxygen atoms in total. The molecule has 0 aliphatic carbocycles. The largest absolute Gasteiger partial charge is 0.311 e. The standard InChI is InChI=1S/C5H7BrN4O/c1-10(7)3-2-8-9-5(11)4(3)6/h2H,7H2,1H3,(H,9,11). The average molecular weight is 219 g/mol. The van der Waals surface area contributed by atoms with E-state index in [-0.39, 0.29) is 5.56 Å². The monoisotopic (exact) mass is 218 g/mol. The van der Waals surface area contributed by atoms with Crippen molar-refractivity contribution in [3.8, 4) is 0 Å². The molecule has 0 radical (unpaired) electrons. The fourth-order valence-electron chi connectivity index (χ4n) is 0.620. The zero-order valence-electron chi connectivity index (χ0n) is 5.84. The molecule has 6 heteroatoms. The number of H-pyrrole nitrogens is 1. The summed E-state index contributed by atoms with van der Waals surface area (Å²) >= 11 is 3.08. The first kappa shape index (κ1) is 8.22. The van der Waals surface area contributed by atoms with Crippen LogP contribution in [-0.4, -0.2) is 17.2 Å². The Kier molecular flexibility index (Phi) is 2.25. The number of nitrogens with two attached hydrogens (primary N) is 1. The van der Waals surface area contributed by atoms with Crippen LogP contribution in [0.15, 0.2) is 15.5 Å². The van der Waals surface area contributed by atoms with E-state index in [0.29, 0.717) is 10.2 Å². The first-order valence-corrected chi connectivity index (χ1v) is 3.64. The quantitative estimate of drug-likeness (QED) is 0.508. The highest BCUT2D eigenvalue weighted by Gasteiger charge is 2.05. The molecule has 0 fully saturated rings. The number of hydrogen-bond acceptors (Lipinski definition) is 4. The van der Waals surface area contributed by atoms with Crippen LogP contribution < -0.4 is 16.4 Å². The second kappa shape index (κ2) is 3.02. The van der Waals surface area contributed by atoms with Gasteiger partial charge in [0.25, 0.3) is 5.56 Å². The smallest absolute Gasteiger partial charge is 0.280 e. The number of halogens is 1. The Hall–Kier alpha value is -0.880. The second-order valence-corrected chi connectivity index (χ2v) is 2.80. The number of anilines is 1. The summed E-state index contributed by atoms with van der Waals surface area (Å²) in [4.78, 5) is 10.9. The van der Waals surface area contributed by atoms with Crippen molar-refractivity contribution in [1.82, 2.24) is 10.2 Å². The molecule has 0 unspecified atom stereocenters. The second-order valence-electron chi connectivity index (χ2n) is 2.01. The molecule has 0 aromatic carbocycles. The van der Waals surface area contributed by atoms with Crippen LogP contribution in [0.2, 0.25) is 0 Å². The lowest BCUT2D eigenvalue weighted by molar-refractivity contribution is 0.931. The van der Waals surface area contributed by atoms with E-state index in [9.17, 15) is 4.79 Å². The Morgan fingerprint density at radius 2 is 2.45 bits per heavy atom. The first-order chi connectivity index (χ1) is 5.13. The van der Waals surface area contributed by atoms with E-state index in [2.05, 4.69) is 26.1 Å². The zero-order chi connectivity index (χ0) is 8.43. The summed E-state index contributed by atoms with van der Waals surface area (Å²) in [5.74, 6) is 5.39. The van der Waals surface area contributed by atoms with Crippen LogP contribution in [0.3, 0.4) is 0 Å². The summed E-state index contributed by atoms with van der Waals surface area (Å²) in [7, 11) is 1.63. The third-order valence-corrected chi connectivity index (χ3v) is 1.92. The number of rotatable bonds is 1. The Balaban J connectivity index is 3.28. The van der Waals surface area contributed by atoms with Gasteiger partial charge in [-0.2, -0.15) is 5.10 Å². The number of aromatic nitrogens is 2. The summed E-state index contributed by atoms with van der Waals surface area (Å²) in [6.07, 6.45) is 1.46. The molecule has 0 amide bonds. The number of nitrogens with one attached hydrogen (secondary N) is 1. The van der Waals surface area contributed by atoms with Gasteiger partial charge in [0, 0.05) is 7.05 Å². The minimum atomic E-state index is -0.292. The van der Waals surface area contributed by atoms with Gasteiger partial charge in [0.15, 0.2) is 0 Å². The van der Waals surface area contributed by atoms with Crippen LogP contribution in [0.4, 0.5) is 5.69 Å². The molecule has 0 atom stereocenters. The zero-order valence-corrected chi connectivity index (χ0v) is 7.42. The van der Waals surface area contributed by atoms with E-state index in [1.807, 2.05) is 0 Å². The first-order valence-electron chi connectivity index (χ1n) is 2.84. The summed E-state index contributed by atoms with van der Waals surface area (Å²) in [5, 5.41) is 7.15. The Morgan fingerprint density at radius 3 is 2.91 bits per heavy atom. The lowest BCUT2D eigenvalue weighted by atomic mass is 10.5. The van der Waals surface area contributed by atoms with Gasteiger partial charge in [-0.1, -0.05) is 0 Å². The maximum absolute atomic E-state index is 10.9. The highest BCUT2D eigenvalue weighted by Crippen LogP contribution is 2.16. The normalized spacial score (nSPS) is 9.73. The molecular formula is C5H7BrN4O.